The van der Waals surface area contributed by atoms with Crippen LogP contribution in [-0.2, 0) is 21.1 Å². The van der Waals surface area contributed by atoms with Crippen LogP contribution < -0.4 is 0 Å². The molecule has 1 aliphatic carbocycles. The van der Waals surface area contributed by atoms with Crippen LogP contribution in [0.5, 0.6) is 0 Å². The van der Waals surface area contributed by atoms with Crippen molar-refractivity contribution in [1.82, 2.24) is 8.53 Å². The van der Waals surface area contributed by atoms with Gasteiger partial charge < -0.3 is 0 Å². The van der Waals surface area contributed by atoms with Crippen LogP contribution in [-0.4, -0.2) is 47.8 Å². The molecule has 0 atom stereocenters. The normalized spacial score (nSPS) is 15.6. The summed E-state index contributed by atoms with van der Waals surface area (Å²) in [4.78, 5) is 0. The van der Waals surface area contributed by atoms with E-state index >= 15 is 0 Å². The number of hydrogen-bond donors (Lipinski definition) is 0. The second-order valence-corrected chi connectivity index (χ2v) is 14.8. The third kappa shape index (κ3) is 3.60. The maximum absolute atomic E-state index is 2.92. The van der Waals surface area contributed by atoms with Crippen molar-refractivity contribution >= 4 is 0 Å². The Hall–Kier alpha value is 0.243. The van der Waals surface area contributed by atoms with Crippen molar-refractivity contribution in [2.24, 2.45) is 0 Å². The van der Waals surface area contributed by atoms with E-state index < -0.39 is 21.1 Å². The molecule has 21 heavy (non-hydrogen) atoms. The quantitative estimate of drug-likeness (QED) is 0.578. The molecule has 3 nitrogen and oxygen atoms in total. The average molecular weight is 373 g/mol. The summed E-state index contributed by atoms with van der Waals surface area (Å²) in [6.07, 6.45) is 8.22. The fourth-order valence-electron chi connectivity index (χ4n) is 3.90. The van der Waals surface area contributed by atoms with E-state index in [2.05, 4.69) is 68.3 Å². The third-order valence-electron chi connectivity index (χ3n) is 4.82. The molecule has 0 radical (unpaired) electrons. The summed E-state index contributed by atoms with van der Waals surface area (Å²) in [5, 5.41) is 0. The summed E-state index contributed by atoms with van der Waals surface area (Å²) in [7, 11) is 0. The van der Waals surface area contributed by atoms with Gasteiger partial charge in [-0.15, -0.1) is 0 Å². The maximum atomic E-state index is 2.84. The topological polar surface area (TPSA) is 9.72 Å². The van der Waals surface area contributed by atoms with Crippen LogP contribution in [0.3, 0.4) is 0 Å². The van der Waals surface area contributed by atoms with Crippen molar-refractivity contribution in [3.8, 4) is 0 Å². The van der Waals surface area contributed by atoms with Gasteiger partial charge in [0.25, 0.3) is 0 Å². The SMILES string of the molecule is CC[N](CC)[Zr]([C]1=CC=CC1)([N](CC)CC)[N](CC)CC. The van der Waals surface area contributed by atoms with Crippen molar-refractivity contribution in [2.45, 2.75) is 48.0 Å². The fraction of sp³-hybridized carbons (Fsp3) is 0.765. The molecular weight excluding hydrogens is 337 g/mol. The molecule has 0 fully saturated rings. The van der Waals surface area contributed by atoms with E-state index in [-0.39, 0.29) is 0 Å². The Kier molecular flexibility index (Phi) is 8.63. The molecule has 1 rings (SSSR count). The van der Waals surface area contributed by atoms with Gasteiger partial charge >= 0.3 is 138 Å². The Bertz CT molecular complexity index is 322. The molecule has 0 amide bonds. The fourth-order valence-corrected chi connectivity index (χ4v) is 18.1. The summed E-state index contributed by atoms with van der Waals surface area (Å²) in [5.41, 5.74) is 0. The molecule has 0 unspecified atom stereocenters. The van der Waals surface area contributed by atoms with Crippen molar-refractivity contribution in [3.63, 3.8) is 0 Å². The summed E-state index contributed by atoms with van der Waals surface area (Å²) in [6, 6.07) is 0. The van der Waals surface area contributed by atoms with E-state index in [1.165, 1.54) is 6.42 Å². The van der Waals surface area contributed by atoms with Crippen LogP contribution in [0, 0.1) is 0 Å². The molecule has 0 heterocycles. The van der Waals surface area contributed by atoms with Gasteiger partial charge in [-0.25, -0.2) is 0 Å². The number of nitrogens with zero attached hydrogens (tertiary/aromatic N) is 3. The monoisotopic (exact) mass is 371 g/mol. The molecule has 0 saturated heterocycles. The second-order valence-electron chi connectivity index (χ2n) is 5.48. The van der Waals surface area contributed by atoms with Gasteiger partial charge in [0.05, 0.1) is 0 Å². The van der Waals surface area contributed by atoms with Crippen LogP contribution >= 0.6 is 0 Å². The van der Waals surface area contributed by atoms with Gasteiger partial charge in [0.15, 0.2) is 0 Å². The molecular formula is C17H35N3Zr. The molecule has 0 aromatic rings. The van der Waals surface area contributed by atoms with Crippen LogP contribution in [0.2, 0.25) is 0 Å². The zero-order valence-corrected chi connectivity index (χ0v) is 17.5. The molecule has 0 saturated carbocycles. The number of allylic oxidation sites excluding steroid dienone is 4. The van der Waals surface area contributed by atoms with E-state index in [9.17, 15) is 0 Å². The van der Waals surface area contributed by atoms with E-state index in [1.807, 2.05) is 0 Å². The molecule has 0 bridgehead atoms. The van der Waals surface area contributed by atoms with E-state index in [0.717, 1.165) is 39.3 Å². The molecule has 0 aromatic heterocycles. The summed E-state index contributed by atoms with van der Waals surface area (Å²) in [5.74, 6) is 0. The first-order valence-corrected chi connectivity index (χ1v) is 13.3. The van der Waals surface area contributed by atoms with Gasteiger partial charge in [0.1, 0.15) is 0 Å². The summed E-state index contributed by atoms with van der Waals surface area (Å²) >= 11 is -2.92. The first-order valence-electron chi connectivity index (χ1n) is 8.78. The van der Waals surface area contributed by atoms with Crippen molar-refractivity contribution in [1.29, 1.82) is 0 Å². The zero-order chi connectivity index (χ0) is 15.9. The number of rotatable bonds is 10. The van der Waals surface area contributed by atoms with Crippen LogP contribution in [0.1, 0.15) is 48.0 Å². The summed E-state index contributed by atoms with van der Waals surface area (Å²) in [6.45, 7) is 21.0. The first-order chi connectivity index (χ1) is 10.2. The predicted molar refractivity (Wildman–Crippen MR) is 90.6 cm³/mol. The first kappa shape index (κ1) is 19.3. The molecule has 4 heteroatoms. The minimum atomic E-state index is -2.92. The van der Waals surface area contributed by atoms with Crippen LogP contribution in [0.25, 0.3) is 0 Å². The Morgan fingerprint density at radius 2 is 1.14 bits per heavy atom. The van der Waals surface area contributed by atoms with E-state index in [4.69, 9.17) is 0 Å². The van der Waals surface area contributed by atoms with Crippen molar-refractivity contribution in [3.05, 3.63) is 21.5 Å². The van der Waals surface area contributed by atoms with Crippen LogP contribution in [0.15, 0.2) is 21.5 Å². The van der Waals surface area contributed by atoms with Gasteiger partial charge in [-0.1, -0.05) is 0 Å². The van der Waals surface area contributed by atoms with Gasteiger partial charge in [-0.05, 0) is 0 Å². The van der Waals surface area contributed by atoms with Crippen LogP contribution in [0.4, 0.5) is 0 Å². The molecule has 122 valence electrons. The molecule has 0 N–H and O–H groups in total. The van der Waals surface area contributed by atoms with Gasteiger partial charge in [-0.2, -0.15) is 0 Å². The zero-order valence-electron chi connectivity index (χ0n) is 15.0. The van der Waals surface area contributed by atoms with Gasteiger partial charge in [0, 0.05) is 0 Å². The Morgan fingerprint density at radius 3 is 1.38 bits per heavy atom. The molecule has 1 aliphatic rings. The van der Waals surface area contributed by atoms with E-state index in [1.54, 1.807) is 3.28 Å². The van der Waals surface area contributed by atoms with Crippen molar-refractivity contribution < 1.29 is 21.1 Å². The Labute approximate surface area is 138 Å². The average Bonchev–Trinajstić information content (AvgIpc) is 3.04. The Balaban J connectivity index is 3.45. The van der Waals surface area contributed by atoms with Gasteiger partial charge in [0.2, 0.25) is 0 Å². The predicted octanol–water partition coefficient (Wildman–Crippen LogP) is 3.75. The number of hydrogen-bond acceptors (Lipinski definition) is 3. The molecule has 0 aromatic carbocycles. The van der Waals surface area contributed by atoms with Gasteiger partial charge in [-0.3, -0.25) is 0 Å². The minimum absolute atomic E-state index is 1.16. The molecule has 0 spiro atoms. The second kappa shape index (κ2) is 9.40. The standard InChI is InChI=1S/C5H5.3C4H10N.Zr/c1-2-4-5-3-1;3*1-3-5-4-2;/h1-3H,4H2;3*3-4H2,1-2H3;/q;3*-1;+3. The Morgan fingerprint density at radius 1 is 0.762 bits per heavy atom. The summed E-state index contributed by atoms with van der Waals surface area (Å²) < 4.78 is 10.3. The molecule has 0 aliphatic heterocycles. The van der Waals surface area contributed by atoms with E-state index in [0.29, 0.717) is 0 Å². The van der Waals surface area contributed by atoms with Crippen molar-refractivity contribution in [2.75, 3.05) is 39.3 Å². The third-order valence-corrected chi connectivity index (χ3v) is 19.0.